The van der Waals surface area contributed by atoms with Crippen LogP contribution in [0.2, 0.25) is 5.02 Å². The third-order valence-electron chi connectivity index (χ3n) is 2.70. The zero-order valence-corrected chi connectivity index (χ0v) is 11.9. The van der Waals surface area contributed by atoms with Gasteiger partial charge >= 0.3 is 5.97 Å². The standard InChI is InChI=1S/C14H20ClNO2/c1-10(2)9-16(7-6-14(17)18)12-5-4-11(3)13(15)8-12/h4-5,8,10H,6-7,9H2,1-3H3,(H,17,18). The third kappa shape index (κ3) is 4.57. The van der Waals surface area contributed by atoms with Crippen molar-refractivity contribution < 1.29 is 9.90 Å². The SMILES string of the molecule is Cc1ccc(N(CCC(=O)O)CC(C)C)cc1Cl. The summed E-state index contributed by atoms with van der Waals surface area (Å²) >= 11 is 6.11. The molecule has 18 heavy (non-hydrogen) atoms. The van der Waals surface area contributed by atoms with Crippen molar-refractivity contribution in [3.63, 3.8) is 0 Å². The summed E-state index contributed by atoms with van der Waals surface area (Å²) in [7, 11) is 0. The number of nitrogens with zero attached hydrogens (tertiary/aromatic N) is 1. The molecule has 1 aromatic carbocycles. The fraction of sp³-hybridized carbons (Fsp3) is 0.500. The highest BCUT2D eigenvalue weighted by Gasteiger charge is 2.11. The molecule has 1 aromatic rings. The Morgan fingerprint density at radius 1 is 1.44 bits per heavy atom. The molecule has 1 rings (SSSR count). The molecular weight excluding hydrogens is 250 g/mol. The summed E-state index contributed by atoms with van der Waals surface area (Å²) in [5, 5.41) is 9.51. The van der Waals surface area contributed by atoms with E-state index < -0.39 is 5.97 Å². The van der Waals surface area contributed by atoms with Crippen LogP contribution in [0.3, 0.4) is 0 Å². The molecule has 0 atom stereocenters. The number of carboxylic acid groups (broad SMARTS) is 1. The first-order chi connectivity index (χ1) is 8.40. The van der Waals surface area contributed by atoms with Crippen molar-refractivity contribution in [3.05, 3.63) is 28.8 Å². The van der Waals surface area contributed by atoms with Gasteiger partial charge in [0.1, 0.15) is 0 Å². The first-order valence-electron chi connectivity index (χ1n) is 6.13. The van der Waals surface area contributed by atoms with Crippen molar-refractivity contribution in [1.82, 2.24) is 0 Å². The van der Waals surface area contributed by atoms with Crippen LogP contribution in [-0.4, -0.2) is 24.2 Å². The van der Waals surface area contributed by atoms with Gasteiger partial charge in [-0.25, -0.2) is 0 Å². The number of aliphatic carboxylic acids is 1. The van der Waals surface area contributed by atoms with Gasteiger partial charge in [-0.2, -0.15) is 0 Å². The molecule has 0 heterocycles. The van der Waals surface area contributed by atoms with E-state index >= 15 is 0 Å². The van der Waals surface area contributed by atoms with Crippen LogP contribution in [0.5, 0.6) is 0 Å². The molecule has 1 N–H and O–H groups in total. The van der Waals surface area contributed by atoms with Gasteiger partial charge in [0.15, 0.2) is 0 Å². The third-order valence-corrected chi connectivity index (χ3v) is 3.11. The van der Waals surface area contributed by atoms with E-state index in [-0.39, 0.29) is 6.42 Å². The van der Waals surface area contributed by atoms with Crippen molar-refractivity contribution in [2.75, 3.05) is 18.0 Å². The summed E-state index contributed by atoms with van der Waals surface area (Å²) in [4.78, 5) is 12.8. The van der Waals surface area contributed by atoms with Crippen molar-refractivity contribution in [1.29, 1.82) is 0 Å². The lowest BCUT2D eigenvalue weighted by Crippen LogP contribution is -2.30. The second-order valence-electron chi connectivity index (χ2n) is 4.92. The molecular formula is C14H20ClNO2. The Bertz CT molecular complexity index is 418. The maximum atomic E-state index is 10.7. The summed E-state index contributed by atoms with van der Waals surface area (Å²) in [6, 6.07) is 5.86. The zero-order chi connectivity index (χ0) is 13.7. The minimum atomic E-state index is -0.776. The first kappa shape index (κ1) is 14.8. The highest BCUT2D eigenvalue weighted by molar-refractivity contribution is 6.31. The van der Waals surface area contributed by atoms with Gasteiger partial charge in [-0.3, -0.25) is 4.79 Å². The Hall–Kier alpha value is -1.22. The van der Waals surface area contributed by atoms with Crippen LogP contribution in [0.25, 0.3) is 0 Å². The van der Waals surface area contributed by atoms with E-state index in [0.717, 1.165) is 22.8 Å². The zero-order valence-electron chi connectivity index (χ0n) is 11.1. The number of carboxylic acids is 1. The van der Waals surface area contributed by atoms with Crippen LogP contribution in [0.1, 0.15) is 25.8 Å². The minimum absolute atomic E-state index is 0.137. The van der Waals surface area contributed by atoms with E-state index in [1.54, 1.807) is 0 Å². The van der Waals surface area contributed by atoms with Crippen LogP contribution in [-0.2, 0) is 4.79 Å². The maximum absolute atomic E-state index is 10.7. The average molecular weight is 270 g/mol. The molecule has 0 aliphatic heterocycles. The maximum Gasteiger partial charge on any atom is 0.305 e. The highest BCUT2D eigenvalue weighted by Crippen LogP contribution is 2.24. The molecule has 0 saturated carbocycles. The van der Waals surface area contributed by atoms with Crippen molar-refractivity contribution in [2.45, 2.75) is 27.2 Å². The van der Waals surface area contributed by atoms with Gasteiger partial charge in [-0.1, -0.05) is 31.5 Å². The Balaban J connectivity index is 2.86. The fourth-order valence-corrected chi connectivity index (χ4v) is 1.95. The van der Waals surface area contributed by atoms with Gasteiger partial charge in [0.25, 0.3) is 0 Å². The molecule has 0 radical (unpaired) electrons. The number of hydrogen-bond donors (Lipinski definition) is 1. The van der Waals surface area contributed by atoms with Crippen molar-refractivity contribution in [2.24, 2.45) is 5.92 Å². The molecule has 0 saturated heterocycles. The van der Waals surface area contributed by atoms with Crippen LogP contribution in [0.4, 0.5) is 5.69 Å². The second kappa shape index (κ2) is 6.64. The number of rotatable bonds is 6. The lowest BCUT2D eigenvalue weighted by atomic mass is 10.1. The normalized spacial score (nSPS) is 10.7. The molecule has 0 aliphatic rings. The molecule has 100 valence electrons. The van der Waals surface area contributed by atoms with Gasteiger partial charge in [-0.15, -0.1) is 0 Å². The van der Waals surface area contributed by atoms with Crippen LogP contribution < -0.4 is 4.90 Å². The summed E-state index contributed by atoms with van der Waals surface area (Å²) < 4.78 is 0. The van der Waals surface area contributed by atoms with Gasteiger partial charge in [0.05, 0.1) is 6.42 Å². The molecule has 0 aliphatic carbocycles. The summed E-state index contributed by atoms with van der Waals surface area (Å²) in [5.41, 5.74) is 2.02. The number of carbonyl (C=O) groups is 1. The number of anilines is 1. The quantitative estimate of drug-likeness (QED) is 0.858. The minimum Gasteiger partial charge on any atom is -0.481 e. The molecule has 0 spiro atoms. The number of aryl methyl sites for hydroxylation is 1. The summed E-state index contributed by atoms with van der Waals surface area (Å²) in [6.07, 6.45) is 0.137. The van der Waals surface area contributed by atoms with Crippen LogP contribution in [0, 0.1) is 12.8 Å². The lowest BCUT2D eigenvalue weighted by Gasteiger charge is -2.26. The topological polar surface area (TPSA) is 40.5 Å². The van der Waals surface area contributed by atoms with Crippen LogP contribution >= 0.6 is 11.6 Å². The molecule has 3 nitrogen and oxygen atoms in total. The molecule has 0 bridgehead atoms. The Labute approximate surface area is 113 Å². The average Bonchev–Trinajstić information content (AvgIpc) is 2.27. The monoisotopic (exact) mass is 269 g/mol. The number of hydrogen-bond acceptors (Lipinski definition) is 2. The summed E-state index contributed by atoms with van der Waals surface area (Å²) in [6.45, 7) is 7.52. The predicted octanol–water partition coefficient (Wildman–Crippen LogP) is 3.59. The van der Waals surface area contributed by atoms with Gasteiger partial charge in [0, 0.05) is 23.8 Å². The second-order valence-corrected chi connectivity index (χ2v) is 5.32. The van der Waals surface area contributed by atoms with Gasteiger partial charge in [-0.05, 0) is 30.5 Å². The smallest absolute Gasteiger partial charge is 0.305 e. The van der Waals surface area contributed by atoms with Crippen molar-refractivity contribution in [3.8, 4) is 0 Å². The van der Waals surface area contributed by atoms with E-state index in [2.05, 4.69) is 18.7 Å². The van der Waals surface area contributed by atoms with Crippen molar-refractivity contribution >= 4 is 23.3 Å². The van der Waals surface area contributed by atoms with E-state index in [4.69, 9.17) is 16.7 Å². The largest absolute Gasteiger partial charge is 0.481 e. The lowest BCUT2D eigenvalue weighted by molar-refractivity contribution is -0.136. The molecule has 0 amide bonds. The van der Waals surface area contributed by atoms with E-state index in [1.165, 1.54) is 0 Å². The molecule has 4 heteroatoms. The Morgan fingerprint density at radius 2 is 2.11 bits per heavy atom. The number of halogens is 1. The van der Waals surface area contributed by atoms with E-state index in [1.807, 2.05) is 25.1 Å². The molecule has 0 unspecified atom stereocenters. The first-order valence-corrected chi connectivity index (χ1v) is 6.51. The van der Waals surface area contributed by atoms with Gasteiger partial charge in [0.2, 0.25) is 0 Å². The van der Waals surface area contributed by atoms with E-state index in [9.17, 15) is 4.79 Å². The Morgan fingerprint density at radius 3 is 2.61 bits per heavy atom. The van der Waals surface area contributed by atoms with Crippen LogP contribution in [0.15, 0.2) is 18.2 Å². The predicted molar refractivity (Wildman–Crippen MR) is 75.5 cm³/mol. The fourth-order valence-electron chi connectivity index (χ4n) is 1.78. The Kier molecular flexibility index (Phi) is 5.48. The molecule has 0 aromatic heterocycles. The molecule has 0 fully saturated rings. The number of benzene rings is 1. The highest BCUT2D eigenvalue weighted by atomic mass is 35.5. The summed E-state index contributed by atoms with van der Waals surface area (Å²) in [5.74, 6) is -0.305. The van der Waals surface area contributed by atoms with E-state index in [0.29, 0.717) is 12.5 Å². The van der Waals surface area contributed by atoms with Gasteiger partial charge < -0.3 is 10.0 Å².